The fourth-order valence-corrected chi connectivity index (χ4v) is 2.52. The SMILES string of the molecule is NC(=O)C1(CCc2ccc(F)cc2)CCCCN1. The van der Waals surface area contributed by atoms with Gasteiger partial charge in [-0.15, -0.1) is 0 Å². The number of amides is 1. The van der Waals surface area contributed by atoms with Crippen molar-refractivity contribution in [3.63, 3.8) is 0 Å². The van der Waals surface area contributed by atoms with Crippen LogP contribution in [0, 0.1) is 5.82 Å². The Morgan fingerprint density at radius 3 is 2.61 bits per heavy atom. The van der Waals surface area contributed by atoms with Gasteiger partial charge in [0.05, 0.1) is 5.54 Å². The van der Waals surface area contributed by atoms with Crippen LogP contribution in [-0.4, -0.2) is 18.0 Å². The monoisotopic (exact) mass is 250 g/mol. The van der Waals surface area contributed by atoms with E-state index in [0.29, 0.717) is 6.42 Å². The molecule has 0 aliphatic carbocycles. The topological polar surface area (TPSA) is 55.1 Å². The van der Waals surface area contributed by atoms with Crippen LogP contribution in [0.15, 0.2) is 24.3 Å². The maximum absolute atomic E-state index is 12.8. The number of carbonyl (C=O) groups is 1. The molecule has 1 amide bonds. The molecule has 1 fully saturated rings. The summed E-state index contributed by atoms with van der Waals surface area (Å²) < 4.78 is 12.8. The Kier molecular flexibility index (Phi) is 3.97. The normalized spacial score (nSPS) is 23.8. The van der Waals surface area contributed by atoms with Crippen LogP contribution in [0.5, 0.6) is 0 Å². The van der Waals surface area contributed by atoms with Gasteiger partial charge in [-0.05, 0) is 56.3 Å². The van der Waals surface area contributed by atoms with E-state index in [0.717, 1.165) is 37.8 Å². The molecule has 0 spiro atoms. The average molecular weight is 250 g/mol. The Balaban J connectivity index is 2.01. The summed E-state index contributed by atoms with van der Waals surface area (Å²) in [6.07, 6.45) is 4.32. The third-order valence-electron chi connectivity index (χ3n) is 3.72. The molecule has 1 unspecified atom stereocenters. The van der Waals surface area contributed by atoms with Crippen molar-refractivity contribution in [2.75, 3.05) is 6.54 Å². The number of nitrogens with one attached hydrogen (secondary N) is 1. The number of hydrogen-bond donors (Lipinski definition) is 2. The molecule has 18 heavy (non-hydrogen) atoms. The quantitative estimate of drug-likeness (QED) is 0.855. The molecule has 1 saturated heterocycles. The number of benzene rings is 1. The molecule has 4 heteroatoms. The highest BCUT2D eigenvalue weighted by Gasteiger charge is 2.36. The van der Waals surface area contributed by atoms with E-state index < -0.39 is 5.54 Å². The second kappa shape index (κ2) is 5.48. The summed E-state index contributed by atoms with van der Waals surface area (Å²) in [5, 5.41) is 3.27. The molecule has 2 rings (SSSR count). The summed E-state index contributed by atoms with van der Waals surface area (Å²) >= 11 is 0. The molecule has 0 aromatic heterocycles. The third kappa shape index (κ3) is 2.88. The van der Waals surface area contributed by atoms with E-state index in [1.165, 1.54) is 12.1 Å². The standard InChI is InChI=1S/C14H19FN2O/c15-12-5-3-11(4-6-12)7-9-14(13(16)18)8-1-2-10-17-14/h3-6,17H,1-2,7-10H2,(H2,16,18). The first kappa shape index (κ1) is 13.0. The lowest BCUT2D eigenvalue weighted by molar-refractivity contribution is -0.125. The minimum atomic E-state index is -0.577. The molecule has 0 radical (unpaired) electrons. The van der Waals surface area contributed by atoms with E-state index >= 15 is 0 Å². The summed E-state index contributed by atoms with van der Waals surface area (Å²) in [4.78, 5) is 11.7. The van der Waals surface area contributed by atoms with Crippen LogP contribution < -0.4 is 11.1 Å². The predicted molar refractivity (Wildman–Crippen MR) is 68.5 cm³/mol. The molecule has 98 valence electrons. The fourth-order valence-electron chi connectivity index (χ4n) is 2.52. The molecular formula is C14H19FN2O. The van der Waals surface area contributed by atoms with Gasteiger partial charge in [-0.3, -0.25) is 4.79 Å². The number of primary amides is 1. The lowest BCUT2D eigenvalue weighted by atomic mass is 9.83. The van der Waals surface area contributed by atoms with Gasteiger partial charge in [-0.2, -0.15) is 0 Å². The highest BCUT2D eigenvalue weighted by atomic mass is 19.1. The van der Waals surface area contributed by atoms with E-state index in [4.69, 9.17) is 5.73 Å². The third-order valence-corrected chi connectivity index (χ3v) is 3.72. The van der Waals surface area contributed by atoms with Crippen LogP contribution in [0.3, 0.4) is 0 Å². The molecular weight excluding hydrogens is 231 g/mol. The fraction of sp³-hybridized carbons (Fsp3) is 0.500. The van der Waals surface area contributed by atoms with Crippen molar-refractivity contribution >= 4 is 5.91 Å². The number of halogens is 1. The Morgan fingerprint density at radius 2 is 2.06 bits per heavy atom. The van der Waals surface area contributed by atoms with Gasteiger partial charge in [0.1, 0.15) is 5.82 Å². The number of piperidine rings is 1. The van der Waals surface area contributed by atoms with Crippen molar-refractivity contribution in [3.05, 3.63) is 35.6 Å². The highest BCUT2D eigenvalue weighted by molar-refractivity contribution is 5.84. The average Bonchev–Trinajstić information content (AvgIpc) is 2.39. The van der Waals surface area contributed by atoms with Gasteiger partial charge in [0, 0.05) is 0 Å². The van der Waals surface area contributed by atoms with E-state index in [-0.39, 0.29) is 11.7 Å². The first-order valence-electron chi connectivity index (χ1n) is 6.42. The Labute approximate surface area is 107 Å². The van der Waals surface area contributed by atoms with Gasteiger partial charge in [0.2, 0.25) is 5.91 Å². The number of hydrogen-bond acceptors (Lipinski definition) is 2. The summed E-state index contributed by atoms with van der Waals surface area (Å²) in [5.41, 5.74) is 5.98. The zero-order valence-corrected chi connectivity index (χ0v) is 10.4. The van der Waals surface area contributed by atoms with Crippen molar-refractivity contribution in [1.82, 2.24) is 5.32 Å². The first-order valence-corrected chi connectivity index (χ1v) is 6.42. The molecule has 1 aromatic rings. The van der Waals surface area contributed by atoms with E-state index in [1.54, 1.807) is 12.1 Å². The van der Waals surface area contributed by atoms with Crippen LogP contribution in [-0.2, 0) is 11.2 Å². The summed E-state index contributed by atoms with van der Waals surface area (Å²) in [5.74, 6) is -0.511. The predicted octanol–water partition coefficient (Wildman–Crippen LogP) is 1.76. The van der Waals surface area contributed by atoms with Crippen LogP contribution in [0.2, 0.25) is 0 Å². The van der Waals surface area contributed by atoms with Crippen molar-refractivity contribution in [1.29, 1.82) is 0 Å². The van der Waals surface area contributed by atoms with Crippen LogP contribution in [0.1, 0.15) is 31.2 Å². The summed E-state index contributed by atoms with van der Waals surface area (Å²) in [6.45, 7) is 0.840. The molecule has 1 heterocycles. The van der Waals surface area contributed by atoms with Gasteiger partial charge in [0.25, 0.3) is 0 Å². The molecule has 1 aromatic carbocycles. The Morgan fingerprint density at radius 1 is 1.33 bits per heavy atom. The van der Waals surface area contributed by atoms with Crippen LogP contribution >= 0.6 is 0 Å². The van der Waals surface area contributed by atoms with Gasteiger partial charge in [-0.1, -0.05) is 12.1 Å². The minimum Gasteiger partial charge on any atom is -0.368 e. The number of nitrogens with two attached hydrogens (primary N) is 1. The van der Waals surface area contributed by atoms with Crippen molar-refractivity contribution < 1.29 is 9.18 Å². The lowest BCUT2D eigenvalue weighted by Gasteiger charge is -2.35. The van der Waals surface area contributed by atoms with E-state index in [2.05, 4.69) is 5.32 Å². The van der Waals surface area contributed by atoms with Crippen molar-refractivity contribution in [2.24, 2.45) is 5.73 Å². The maximum atomic E-state index is 12.8. The molecule has 1 aliphatic rings. The number of rotatable bonds is 4. The van der Waals surface area contributed by atoms with Crippen LogP contribution in [0.25, 0.3) is 0 Å². The second-order valence-electron chi connectivity index (χ2n) is 4.96. The summed E-state index contributed by atoms with van der Waals surface area (Å²) in [7, 11) is 0. The Hall–Kier alpha value is -1.42. The zero-order chi connectivity index (χ0) is 13.0. The lowest BCUT2D eigenvalue weighted by Crippen LogP contribution is -2.57. The zero-order valence-electron chi connectivity index (χ0n) is 10.4. The van der Waals surface area contributed by atoms with E-state index in [1.807, 2.05) is 0 Å². The highest BCUT2D eigenvalue weighted by Crippen LogP contribution is 2.24. The number of aryl methyl sites for hydroxylation is 1. The molecule has 0 saturated carbocycles. The molecule has 3 nitrogen and oxygen atoms in total. The largest absolute Gasteiger partial charge is 0.368 e. The molecule has 1 atom stereocenters. The summed E-state index contributed by atoms with van der Waals surface area (Å²) in [6, 6.07) is 6.40. The first-order chi connectivity index (χ1) is 8.62. The smallest absolute Gasteiger partial charge is 0.237 e. The number of carbonyl (C=O) groups excluding carboxylic acids is 1. The minimum absolute atomic E-state index is 0.237. The van der Waals surface area contributed by atoms with E-state index in [9.17, 15) is 9.18 Å². The van der Waals surface area contributed by atoms with Crippen molar-refractivity contribution in [2.45, 2.75) is 37.6 Å². The molecule has 1 aliphatic heterocycles. The van der Waals surface area contributed by atoms with Crippen LogP contribution in [0.4, 0.5) is 4.39 Å². The van der Waals surface area contributed by atoms with Gasteiger partial charge < -0.3 is 11.1 Å². The maximum Gasteiger partial charge on any atom is 0.237 e. The second-order valence-corrected chi connectivity index (χ2v) is 4.96. The van der Waals surface area contributed by atoms with Gasteiger partial charge in [0.15, 0.2) is 0 Å². The van der Waals surface area contributed by atoms with Gasteiger partial charge in [-0.25, -0.2) is 4.39 Å². The van der Waals surface area contributed by atoms with Crippen molar-refractivity contribution in [3.8, 4) is 0 Å². The Bertz CT molecular complexity index is 410. The molecule has 0 bridgehead atoms. The van der Waals surface area contributed by atoms with Gasteiger partial charge >= 0.3 is 0 Å². The molecule has 3 N–H and O–H groups in total.